The quantitative estimate of drug-likeness (QED) is 0.742. The Morgan fingerprint density at radius 2 is 1.84 bits per heavy atom. The molecule has 1 saturated carbocycles. The highest BCUT2D eigenvalue weighted by Gasteiger charge is 2.39. The van der Waals surface area contributed by atoms with Crippen molar-refractivity contribution in [3.8, 4) is 0 Å². The molecule has 1 N–H and O–H groups in total. The lowest BCUT2D eigenvalue weighted by Crippen LogP contribution is -2.60. The van der Waals surface area contributed by atoms with Crippen LogP contribution in [0.25, 0.3) is 0 Å². The first-order valence-corrected chi connectivity index (χ1v) is 13.1. The van der Waals surface area contributed by atoms with Crippen molar-refractivity contribution in [1.29, 1.82) is 0 Å². The summed E-state index contributed by atoms with van der Waals surface area (Å²) < 4.78 is 40.9. The van der Waals surface area contributed by atoms with Crippen molar-refractivity contribution in [2.24, 2.45) is 0 Å². The Balaban J connectivity index is 1.56. The second-order valence-electron chi connectivity index (χ2n) is 9.28. The van der Waals surface area contributed by atoms with Crippen LogP contribution >= 0.6 is 0 Å². The van der Waals surface area contributed by atoms with E-state index in [1.165, 1.54) is 25.2 Å². The van der Waals surface area contributed by atoms with E-state index in [4.69, 9.17) is 9.47 Å². The first kappa shape index (κ1) is 23.5. The zero-order chi connectivity index (χ0) is 22.7. The van der Waals surface area contributed by atoms with Gasteiger partial charge in [-0.2, -0.15) is 17.4 Å². The highest BCUT2D eigenvalue weighted by Crippen LogP contribution is 2.36. The molecule has 0 aromatic heterocycles. The standard InChI is InChI=1S/C23H35N3O5S/c1-25(2)32(28,29)24-21-8-5-14-26-22(21)16-31-19-11-9-18(10-12-19)20-7-4-3-6-17(20)13-15-30-23(26)27/h3-4,6-7,18-19,21-22,24H,5,8-16H2,1-2H3/t18?,19?,21-,22+/m0/s1. The molecule has 0 radical (unpaired) electrons. The van der Waals surface area contributed by atoms with Crippen LogP contribution in [0.3, 0.4) is 0 Å². The maximum atomic E-state index is 13.0. The molecule has 1 aromatic rings. The van der Waals surface area contributed by atoms with Crippen molar-refractivity contribution >= 4 is 16.3 Å². The third-order valence-corrected chi connectivity index (χ3v) is 8.63. The van der Waals surface area contributed by atoms with E-state index in [1.807, 2.05) is 6.07 Å². The monoisotopic (exact) mass is 465 g/mol. The first-order valence-electron chi connectivity index (χ1n) is 11.7. The van der Waals surface area contributed by atoms with Gasteiger partial charge in [0.05, 0.1) is 25.4 Å². The molecule has 1 saturated heterocycles. The van der Waals surface area contributed by atoms with Gasteiger partial charge in [-0.1, -0.05) is 24.3 Å². The van der Waals surface area contributed by atoms with Crippen molar-refractivity contribution in [2.75, 3.05) is 33.9 Å². The number of carbonyl (C=O) groups excluding carboxylic acids is 1. The molecule has 4 aliphatic rings. The van der Waals surface area contributed by atoms with Gasteiger partial charge in [0.25, 0.3) is 10.2 Å². The summed E-state index contributed by atoms with van der Waals surface area (Å²) in [6, 6.07) is 7.67. The molecule has 0 unspecified atom stereocenters. The Kier molecular flexibility index (Phi) is 7.39. The number of hydrogen-bond donors (Lipinski definition) is 1. The minimum absolute atomic E-state index is 0.132. The van der Waals surface area contributed by atoms with Crippen LogP contribution in [0.5, 0.6) is 0 Å². The number of fused-ring (bicyclic) bond motifs is 6. The number of rotatable bonds is 3. The molecular formula is C23H35N3O5S. The normalized spacial score (nSPS) is 29.7. The molecule has 0 spiro atoms. The van der Waals surface area contributed by atoms with Gasteiger partial charge >= 0.3 is 6.09 Å². The SMILES string of the molecule is CN(C)S(=O)(=O)N[C@H]1CCCN2C(=O)OCCc3ccccc3C3CCC(CC3)OC[C@H]12. The van der Waals surface area contributed by atoms with Gasteiger partial charge < -0.3 is 14.4 Å². The number of amides is 1. The average Bonchev–Trinajstić information content (AvgIpc) is 2.78. The van der Waals surface area contributed by atoms with Crippen LogP contribution in [-0.2, 0) is 26.1 Å². The van der Waals surface area contributed by atoms with E-state index < -0.39 is 22.3 Å². The molecule has 2 fully saturated rings. The molecular weight excluding hydrogens is 430 g/mol. The second-order valence-corrected chi connectivity index (χ2v) is 11.2. The van der Waals surface area contributed by atoms with Gasteiger partial charge in [0, 0.05) is 33.1 Å². The highest BCUT2D eigenvalue weighted by molar-refractivity contribution is 7.87. The lowest BCUT2D eigenvalue weighted by molar-refractivity contribution is -0.0271. The Morgan fingerprint density at radius 1 is 1.09 bits per heavy atom. The van der Waals surface area contributed by atoms with E-state index in [9.17, 15) is 13.2 Å². The van der Waals surface area contributed by atoms with Crippen molar-refractivity contribution in [2.45, 2.75) is 69.1 Å². The molecule has 1 amide bonds. The van der Waals surface area contributed by atoms with E-state index in [2.05, 4.69) is 22.9 Å². The van der Waals surface area contributed by atoms with Gasteiger partial charge in [-0.15, -0.1) is 0 Å². The van der Waals surface area contributed by atoms with Crippen LogP contribution < -0.4 is 4.72 Å². The molecule has 2 atom stereocenters. The fourth-order valence-electron chi connectivity index (χ4n) is 5.19. The zero-order valence-electron chi connectivity index (χ0n) is 19.0. The third-order valence-electron chi connectivity index (χ3n) is 7.06. The topological polar surface area (TPSA) is 88.2 Å². The molecule has 178 valence electrons. The molecule has 5 rings (SSSR count). The minimum atomic E-state index is -3.62. The van der Waals surface area contributed by atoms with Crippen LogP contribution in [0.15, 0.2) is 24.3 Å². The first-order chi connectivity index (χ1) is 15.3. The largest absolute Gasteiger partial charge is 0.449 e. The van der Waals surface area contributed by atoms with E-state index >= 15 is 0 Å². The number of nitrogens with zero attached hydrogens (tertiary/aromatic N) is 2. The summed E-state index contributed by atoms with van der Waals surface area (Å²) in [5.74, 6) is 0.510. The number of carbonyl (C=O) groups is 1. The van der Waals surface area contributed by atoms with Gasteiger partial charge in [-0.05, 0) is 55.6 Å². The summed E-state index contributed by atoms with van der Waals surface area (Å²) in [6.07, 6.45) is 5.89. The maximum absolute atomic E-state index is 13.0. The van der Waals surface area contributed by atoms with Crippen molar-refractivity contribution in [1.82, 2.24) is 13.9 Å². The molecule has 32 heavy (non-hydrogen) atoms. The number of benzene rings is 1. The summed E-state index contributed by atoms with van der Waals surface area (Å²) in [5, 5.41) is 0. The van der Waals surface area contributed by atoms with Crippen molar-refractivity contribution in [3.63, 3.8) is 0 Å². The smallest absolute Gasteiger partial charge is 0.410 e. The summed E-state index contributed by atoms with van der Waals surface area (Å²) in [6.45, 7) is 1.15. The number of hydrogen-bond acceptors (Lipinski definition) is 5. The lowest BCUT2D eigenvalue weighted by atomic mass is 9.80. The van der Waals surface area contributed by atoms with Gasteiger partial charge in [0.1, 0.15) is 0 Å². The lowest BCUT2D eigenvalue weighted by Gasteiger charge is -2.42. The zero-order valence-corrected chi connectivity index (χ0v) is 19.9. The van der Waals surface area contributed by atoms with Crippen LogP contribution in [-0.4, -0.2) is 75.8 Å². The molecule has 3 aliphatic heterocycles. The van der Waals surface area contributed by atoms with Crippen LogP contribution in [0.2, 0.25) is 0 Å². The van der Waals surface area contributed by atoms with Crippen molar-refractivity contribution < 1.29 is 22.7 Å². The summed E-state index contributed by atoms with van der Waals surface area (Å²) in [4.78, 5) is 14.7. The van der Waals surface area contributed by atoms with Crippen LogP contribution in [0, 0.1) is 0 Å². The highest BCUT2D eigenvalue weighted by atomic mass is 32.2. The van der Waals surface area contributed by atoms with Gasteiger partial charge in [-0.3, -0.25) is 0 Å². The summed E-state index contributed by atoms with van der Waals surface area (Å²) in [7, 11) is -0.628. The van der Waals surface area contributed by atoms with Crippen LogP contribution in [0.1, 0.15) is 55.6 Å². The molecule has 1 aromatic carbocycles. The molecule has 3 heterocycles. The number of ether oxygens (including phenoxy) is 2. The Morgan fingerprint density at radius 3 is 2.59 bits per heavy atom. The summed E-state index contributed by atoms with van der Waals surface area (Å²) in [5.41, 5.74) is 2.61. The number of piperidine rings is 1. The fourth-order valence-corrected chi connectivity index (χ4v) is 6.06. The third kappa shape index (κ3) is 5.27. The second kappa shape index (κ2) is 10.1. The molecule has 1 aliphatic carbocycles. The predicted molar refractivity (Wildman–Crippen MR) is 122 cm³/mol. The summed E-state index contributed by atoms with van der Waals surface area (Å²) >= 11 is 0. The fraction of sp³-hybridized carbons (Fsp3) is 0.696. The van der Waals surface area contributed by atoms with E-state index in [1.54, 1.807) is 4.90 Å². The molecule has 9 heteroatoms. The van der Waals surface area contributed by atoms with Crippen LogP contribution in [0.4, 0.5) is 4.79 Å². The maximum Gasteiger partial charge on any atom is 0.410 e. The van der Waals surface area contributed by atoms with Gasteiger partial charge in [0.2, 0.25) is 0 Å². The van der Waals surface area contributed by atoms with E-state index in [-0.39, 0.29) is 12.1 Å². The van der Waals surface area contributed by atoms with Crippen molar-refractivity contribution in [3.05, 3.63) is 35.4 Å². The minimum Gasteiger partial charge on any atom is -0.449 e. The number of nitrogens with one attached hydrogen (secondary N) is 1. The van der Waals surface area contributed by atoms with E-state index in [0.29, 0.717) is 44.9 Å². The van der Waals surface area contributed by atoms with Gasteiger partial charge in [-0.25, -0.2) is 4.79 Å². The Hall–Kier alpha value is -1.68. The molecule has 2 bridgehead atoms. The Labute approximate surface area is 191 Å². The predicted octanol–water partition coefficient (Wildman–Crippen LogP) is 2.65. The van der Waals surface area contributed by atoms with Gasteiger partial charge in [0.15, 0.2) is 0 Å². The Bertz CT molecular complexity index is 899. The molecule has 8 nitrogen and oxygen atoms in total. The van der Waals surface area contributed by atoms with E-state index in [0.717, 1.165) is 30.0 Å². The average molecular weight is 466 g/mol.